The van der Waals surface area contributed by atoms with Crippen LogP contribution in [0.25, 0.3) is 0 Å². The Balaban J connectivity index is 1.51. The van der Waals surface area contributed by atoms with Crippen LogP contribution in [-0.4, -0.2) is 45.1 Å². The number of sulfonamides is 1. The van der Waals surface area contributed by atoms with Crippen molar-refractivity contribution in [2.24, 2.45) is 7.05 Å². The van der Waals surface area contributed by atoms with Crippen molar-refractivity contribution >= 4 is 15.7 Å². The van der Waals surface area contributed by atoms with Crippen LogP contribution in [-0.2, 0) is 17.1 Å². The lowest BCUT2D eigenvalue weighted by Gasteiger charge is -2.31. The summed E-state index contributed by atoms with van der Waals surface area (Å²) in [6, 6.07) is 5.14. The molecule has 10 nitrogen and oxygen atoms in total. The van der Waals surface area contributed by atoms with E-state index in [2.05, 4.69) is 5.10 Å². The van der Waals surface area contributed by atoms with E-state index in [-0.39, 0.29) is 28.2 Å². The van der Waals surface area contributed by atoms with Gasteiger partial charge in [-0.3, -0.25) is 14.7 Å². The maximum atomic E-state index is 12.9. The molecule has 11 heteroatoms. The molecule has 0 N–H and O–H groups in total. The van der Waals surface area contributed by atoms with Crippen molar-refractivity contribution in [1.82, 2.24) is 18.7 Å². The van der Waals surface area contributed by atoms with E-state index >= 15 is 0 Å². The van der Waals surface area contributed by atoms with Crippen LogP contribution in [0.15, 0.2) is 34.0 Å². The number of rotatable bonds is 5. The summed E-state index contributed by atoms with van der Waals surface area (Å²) in [7, 11) is -2.06. The Morgan fingerprint density at radius 2 is 1.67 bits per heavy atom. The molecule has 0 atom stereocenters. The van der Waals surface area contributed by atoms with Crippen molar-refractivity contribution in [3.8, 4) is 0 Å². The first-order chi connectivity index (χ1) is 14.3. The Morgan fingerprint density at radius 1 is 1.07 bits per heavy atom. The van der Waals surface area contributed by atoms with Gasteiger partial charge in [-0.1, -0.05) is 12.8 Å². The maximum Gasteiger partial charge on any atom is 0.345 e. The summed E-state index contributed by atoms with van der Waals surface area (Å²) in [4.78, 5) is 22.9. The molecule has 0 unspecified atom stereocenters. The summed E-state index contributed by atoms with van der Waals surface area (Å²) in [5, 5.41) is 15.3. The fourth-order valence-electron chi connectivity index (χ4n) is 4.53. The molecule has 1 saturated carbocycles. The molecule has 162 valence electrons. The Kier molecular flexibility index (Phi) is 5.49. The lowest BCUT2D eigenvalue weighted by Crippen LogP contribution is -2.38. The van der Waals surface area contributed by atoms with Gasteiger partial charge in [-0.05, 0) is 37.8 Å². The van der Waals surface area contributed by atoms with E-state index in [1.807, 2.05) is 4.57 Å². The average Bonchev–Trinajstić information content (AvgIpc) is 3.36. The number of hydrogen-bond donors (Lipinski definition) is 0. The Morgan fingerprint density at radius 3 is 2.23 bits per heavy atom. The summed E-state index contributed by atoms with van der Waals surface area (Å²) in [5.74, 6) is 0.796. The molecule has 0 radical (unpaired) electrons. The normalized spacial score (nSPS) is 19.4. The van der Waals surface area contributed by atoms with E-state index < -0.39 is 14.9 Å². The van der Waals surface area contributed by atoms with Crippen molar-refractivity contribution in [2.45, 2.75) is 55.4 Å². The molecule has 2 aromatic rings. The third kappa shape index (κ3) is 3.67. The molecule has 1 aliphatic heterocycles. The first kappa shape index (κ1) is 20.7. The van der Waals surface area contributed by atoms with Gasteiger partial charge in [0.15, 0.2) is 0 Å². The van der Waals surface area contributed by atoms with E-state index in [1.54, 1.807) is 7.05 Å². The lowest BCUT2D eigenvalue weighted by molar-refractivity contribution is -0.384. The molecular weight excluding hydrogens is 410 g/mol. The Hall–Kier alpha value is -2.53. The molecular formula is C19H25N5O5S. The lowest BCUT2D eigenvalue weighted by atomic mass is 9.97. The highest BCUT2D eigenvalue weighted by molar-refractivity contribution is 7.89. The van der Waals surface area contributed by atoms with E-state index in [0.29, 0.717) is 25.9 Å². The molecule has 1 saturated heterocycles. The molecule has 4 rings (SSSR count). The molecule has 2 aliphatic rings. The van der Waals surface area contributed by atoms with Gasteiger partial charge in [0.05, 0.1) is 9.82 Å². The second-order valence-corrected chi connectivity index (χ2v) is 9.94. The van der Waals surface area contributed by atoms with Gasteiger partial charge in [0.2, 0.25) is 10.0 Å². The molecule has 0 bridgehead atoms. The minimum absolute atomic E-state index is 0.0304. The Labute approximate surface area is 174 Å². The number of non-ortho nitro benzene ring substituents is 1. The third-order valence-corrected chi connectivity index (χ3v) is 8.09. The standard InChI is InChI=1S/C19H25N5O5S/c1-21-19(25)23(15-4-2-3-5-15)18(20-21)14-10-12-22(13-11-14)30(28,29)17-8-6-16(7-9-17)24(26)27/h6-9,14-15H,2-5,10-13H2,1H3. The van der Waals surface area contributed by atoms with Crippen molar-refractivity contribution in [2.75, 3.05) is 13.1 Å². The fourth-order valence-corrected chi connectivity index (χ4v) is 6.00. The highest BCUT2D eigenvalue weighted by Crippen LogP contribution is 2.34. The van der Waals surface area contributed by atoms with Crippen LogP contribution in [0.5, 0.6) is 0 Å². The molecule has 2 heterocycles. The SMILES string of the molecule is Cn1nc(C2CCN(S(=O)(=O)c3ccc([N+](=O)[O-])cc3)CC2)n(C2CCCC2)c1=O. The van der Waals surface area contributed by atoms with Crippen LogP contribution in [0, 0.1) is 10.1 Å². The summed E-state index contributed by atoms with van der Waals surface area (Å²) < 4.78 is 30.5. The summed E-state index contributed by atoms with van der Waals surface area (Å²) in [6.45, 7) is 0.638. The largest absolute Gasteiger partial charge is 0.345 e. The fraction of sp³-hybridized carbons (Fsp3) is 0.579. The van der Waals surface area contributed by atoms with Gasteiger partial charge in [-0.25, -0.2) is 17.9 Å². The van der Waals surface area contributed by atoms with E-state index in [0.717, 1.165) is 31.5 Å². The number of nitro benzene ring substituents is 1. The van der Waals surface area contributed by atoms with Gasteiger partial charge in [-0.2, -0.15) is 9.40 Å². The summed E-state index contributed by atoms with van der Waals surface area (Å²) in [5.41, 5.74) is -0.245. The topological polar surface area (TPSA) is 120 Å². The number of benzene rings is 1. The second kappa shape index (κ2) is 7.95. The smallest absolute Gasteiger partial charge is 0.276 e. The van der Waals surface area contributed by atoms with Crippen LogP contribution in [0.1, 0.15) is 56.3 Å². The number of piperidine rings is 1. The molecule has 1 aromatic carbocycles. The zero-order valence-electron chi connectivity index (χ0n) is 16.8. The number of hydrogen-bond acceptors (Lipinski definition) is 6. The summed E-state index contributed by atoms with van der Waals surface area (Å²) in [6.07, 6.45) is 5.33. The first-order valence-electron chi connectivity index (χ1n) is 10.2. The van der Waals surface area contributed by atoms with Crippen molar-refractivity contribution in [1.29, 1.82) is 0 Å². The molecule has 0 spiro atoms. The number of aromatic nitrogens is 3. The quantitative estimate of drug-likeness (QED) is 0.524. The zero-order valence-corrected chi connectivity index (χ0v) is 17.6. The van der Waals surface area contributed by atoms with Crippen LogP contribution in [0.3, 0.4) is 0 Å². The van der Waals surface area contributed by atoms with Crippen molar-refractivity contribution in [3.05, 3.63) is 50.7 Å². The zero-order chi connectivity index (χ0) is 21.5. The highest BCUT2D eigenvalue weighted by Gasteiger charge is 2.34. The maximum absolute atomic E-state index is 12.9. The van der Waals surface area contributed by atoms with Crippen LogP contribution in [0.2, 0.25) is 0 Å². The molecule has 2 fully saturated rings. The molecule has 1 aliphatic carbocycles. The first-order valence-corrected chi connectivity index (χ1v) is 11.6. The predicted molar refractivity (Wildman–Crippen MR) is 109 cm³/mol. The third-order valence-electron chi connectivity index (χ3n) is 6.18. The van der Waals surface area contributed by atoms with E-state index in [4.69, 9.17) is 0 Å². The number of aryl methyl sites for hydroxylation is 1. The molecule has 0 amide bonds. The van der Waals surface area contributed by atoms with Crippen molar-refractivity contribution < 1.29 is 13.3 Å². The highest BCUT2D eigenvalue weighted by atomic mass is 32.2. The van der Waals surface area contributed by atoms with Gasteiger partial charge in [0.1, 0.15) is 5.82 Å². The van der Waals surface area contributed by atoms with Gasteiger partial charge in [-0.15, -0.1) is 0 Å². The number of nitro groups is 1. The van der Waals surface area contributed by atoms with Gasteiger partial charge in [0.25, 0.3) is 5.69 Å². The molecule has 1 aromatic heterocycles. The Bertz CT molecular complexity index is 1090. The van der Waals surface area contributed by atoms with E-state index in [1.165, 1.54) is 33.3 Å². The monoisotopic (exact) mass is 435 g/mol. The minimum Gasteiger partial charge on any atom is -0.276 e. The van der Waals surface area contributed by atoms with Gasteiger partial charge in [0, 0.05) is 44.2 Å². The average molecular weight is 436 g/mol. The molecule has 30 heavy (non-hydrogen) atoms. The minimum atomic E-state index is -3.72. The summed E-state index contributed by atoms with van der Waals surface area (Å²) >= 11 is 0. The second-order valence-electron chi connectivity index (χ2n) is 8.00. The van der Waals surface area contributed by atoms with E-state index in [9.17, 15) is 23.3 Å². The predicted octanol–water partition coefficient (Wildman–Crippen LogP) is 2.17. The van der Waals surface area contributed by atoms with Crippen molar-refractivity contribution in [3.63, 3.8) is 0 Å². The van der Waals surface area contributed by atoms with Crippen LogP contribution >= 0.6 is 0 Å². The number of nitrogens with zero attached hydrogens (tertiary/aromatic N) is 5. The van der Waals surface area contributed by atoms with Gasteiger partial charge < -0.3 is 0 Å². The van der Waals surface area contributed by atoms with Crippen LogP contribution in [0.4, 0.5) is 5.69 Å². The van der Waals surface area contributed by atoms with Crippen LogP contribution < -0.4 is 5.69 Å². The van der Waals surface area contributed by atoms with Gasteiger partial charge >= 0.3 is 5.69 Å².